The quantitative estimate of drug-likeness (QED) is 0.369. The average Bonchev–Trinajstić information content (AvgIpc) is 3.57. The van der Waals surface area contributed by atoms with Crippen LogP contribution in [0.2, 0.25) is 0 Å². The van der Waals surface area contributed by atoms with Crippen LogP contribution in [0.5, 0.6) is 0 Å². The lowest BCUT2D eigenvalue weighted by molar-refractivity contribution is 0.0951. The molecule has 1 saturated carbocycles. The van der Waals surface area contributed by atoms with Crippen LogP contribution in [0.1, 0.15) is 29.6 Å². The number of fused-ring (bicyclic) bond motifs is 1. The van der Waals surface area contributed by atoms with E-state index in [9.17, 15) is 4.79 Å². The fourth-order valence-electron chi connectivity index (χ4n) is 3.96. The topological polar surface area (TPSA) is 74.6 Å². The van der Waals surface area contributed by atoms with Gasteiger partial charge in [-0.25, -0.2) is 9.97 Å². The van der Waals surface area contributed by atoms with E-state index in [0.29, 0.717) is 11.6 Å². The van der Waals surface area contributed by atoms with Crippen LogP contribution in [0.3, 0.4) is 0 Å². The van der Waals surface area contributed by atoms with E-state index >= 15 is 0 Å². The Kier molecular flexibility index (Phi) is 6.27. The van der Waals surface area contributed by atoms with Crippen LogP contribution in [-0.2, 0) is 0 Å². The molecule has 0 radical (unpaired) electrons. The predicted octanol–water partition coefficient (Wildman–Crippen LogP) is 4.32. The van der Waals surface area contributed by atoms with Gasteiger partial charge in [-0.3, -0.25) is 9.20 Å². The summed E-state index contributed by atoms with van der Waals surface area (Å²) in [6.07, 6.45) is 7.07. The maximum absolute atomic E-state index is 12.4. The van der Waals surface area contributed by atoms with Crippen LogP contribution >= 0.6 is 0 Å². The number of hydrogen-bond acceptors (Lipinski definition) is 5. The van der Waals surface area contributed by atoms with Crippen molar-refractivity contribution < 1.29 is 4.79 Å². The van der Waals surface area contributed by atoms with Gasteiger partial charge < -0.3 is 15.5 Å². The van der Waals surface area contributed by atoms with E-state index in [0.717, 1.165) is 66.3 Å². The summed E-state index contributed by atoms with van der Waals surface area (Å²) in [4.78, 5) is 24.1. The summed E-state index contributed by atoms with van der Waals surface area (Å²) in [5.41, 5.74) is 5.35. The zero-order valence-electron chi connectivity index (χ0n) is 19.7. The van der Waals surface area contributed by atoms with E-state index in [-0.39, 0.29) is 5.91 Å². The number of carbonyl (C=O) groups is 1. The molecule has 0 unspecified atom stereocenters. The number of imidazole rings is 1. The van der Waals surface area contributed by atoms with E-state index in [1.165, 1.54) is 0 Å². The lowest BCUT2D eigenvalue weighted by atomic mass is 10.1. The smallest absolute Gasteiger partial charge is 0.251 e. The van der Waals surface area contributed by atoms with E-state index in [1.807, 2.05) is 54.9 Å². The first-order valence-electron chi connectivity index (χ1n) is 11.8. The first-order valence-corrected chi connectivity index (χ1v) is 11.8. The average molecular weight is 455 g/mol. The standard InChI is InChI=1S/C27H30N6O/c1-32(2)16-6-15-28-25-26-29-17-24(33(26)18-23(31-25)19-7-4-3-5-8-19)20-9-11-21(12-10-20)27(34)30-22-13-14-22/h3-5,7-12,17-18,22H,6,13-16H2,1-2H3,(H,28,31)(H,30,34). The van der Waals surface area contributed by atoms with Gasteiger partial charge in [-0.15, -0.1) is 0 Å². The minimum absolute atomic E-state index is 0.00744. The van der Waals surface area contributed by atoms with Gasteiger partial charge in [0.05, 0.1) is 17.6 Å². The number of rotatable bonds is 9. The van der Waals surface area contributed by atoms with Crippen molar-refractivity contribution in [3.8, 4) is 22.5 Å². The number of benzene rings is 2. The van der Waals surface area contributed by atoms with Gasteiger partial charge in [0.1, 0.15) is 0 Å². The Labute approximate surface area is 199 Å². The largest absolute Gasteiger partial charge is 0.367 e. The Hall–Kier alpha value is -3.71. The summed E-state index contributed by atoms with van der Waals surface area (Å²) in [6.45, 7) is 1.81. The molecule has 4 aromatic rings. The maximum atomic E-state index is 12.4. The first kappa shape index (κ1) is 22.1. The molecule has 2 N–H and O–H groups in total. The second-order valence-corrected chi connectivity index (χ2v) is 9.09. The molecule has 34 heavy (non-hydrogen) atoms. The molecule has 1 amide bonds. The summed E-state index contributed by atoms with van der Waals surface area (Å²) < 4.78 is 2.09. The van der Waals surface area contributed by atoms with Gasteiger partial charge in [0.2, 0.25) is 0 Å². The molecule has 2 heterocycles. The van der Waals surface area contributed by atoms with Crippen molar-refractivity contribution in [2.24, 2.45) is 0 Å². The molecule has 174 valence electrons. The van der Waals surface area contributed by atoms with Crippen LogP contribution in [0.4, 0.5) is 5.82 Å². The number of nitrogens with one attached hydrogen (secondary N) is 2. The van der Waals surface area contributed by atoms with Crippen LogP contribution in [0.25, 0.3) is 28.2 Å². The molecular weight excluding hydrogens is 424 g/mol. The molecule has 7 nitrogen and oxygen atoms in total. The lowest BCUT2D eigenvalue weighted by Gasteiger charge is -2.13. The molecule has 1 fully saturated rings. The summed E-state index contributed by atoms with van der Waals surface area (Å²) in [6, 6.07) is 18.2. The number of nitrogens with zero attached hydrogens (tertiary/aromatic N) is 4. The SMILES string of the molecule is CN(C)CCCNc1nc(-c2ccccc2)cn2c(-c3ccc(C(=O)NC4CC4)cc3)cnc12. The molecule has 0 saturated heterocycles. The highest BCUT2D eigenvalue weighted by Crippen LogP contribution is 2.28. The summed E-state index contributed by atoms with van der Waals surface area (Å²) in [5.74, 6) is 0.763. The third-order valence-corrected chi connectivity index (χ3v) is 5.99. The Bertz CT molecular complexity index is 1280. The van der Waals surface area contributed by atoms with Gasteiger partial charge in [0.15, 0.2) is 11.5 Å². The normalized spacial score (nSPS) is 13.4. The van der Waals surface area contributed by atoms with Gasteiger partial charge in [0.25, 0.3) is 5.91 Å². The summed E-state index contributed by atoms with van der Waals surface area (Å²) in [7, 11) is 4.16. The van der Waals surface area contributed by atoms with Crippen LogP contribution in [0.15, 0.2) is 67.0 Å². The first-order chi connectivity index (χ1) is 16.6. The molecule has 1 aliphatic carbocycles. The van der Waals surface area contributed by atoms with Crippen molar-refractivity contribution in [2.45, 2.75) is 25.3 Å². The fourth-order valence-corrected chi connectivity index (χ4v) is 3.96. The molecule has 0 bridgehead atoms. The van der Waals surface area contributed by atoms with Crippen molar-refractivity contribution >= 4 is 17.4 Å². The minimum Gasteiger partial charge on any atom is -0.367 e. The van der Waals surface area contributed by atoms with Crippen molar-refractivity contribution in [1.29, 1.82) is 0 Å². The second kappa shape index (κ2) is 9.65. The third kappa shape index (κ3) is 4.94. The Morgan fingerprint density at radius 2 is 1.82 bits per heavy atom. The molecular formula is C27H30N6O. The Morgan fingerprint density at radius 3 is 2.53 bits per heavy atom. The van der Waals surface area contributed by atoms with Crippen molar-refractivity contribution in [1.82, 2.24) is 24.6 Å². The summed E-state index contributed by atoms with van der Waals surface area (Å²) >= 11 is 0. The molecule has 0 spiro atoms. The molecule has 5 rings (SSSR count). The number of hydrogen-bond donors (Lipinski definition) is 2. The predicted molar refractivity (Wildman–Crippen MR) is 136 cm³/mol. The number of anilines is 1. The highest BCUT2D eigenvalue weighted by molar-refractivity contribution is 5.95. The van der Waals surface area contributed by atoms with E-state index < -0.39 is 0 Å². The number of aromatic nitrogens is 3. The summed E-state index contributed by atoms with van der Waals surface area (Å²) in [5, 5.41) is 6.53. The maximum Gasteiger partial charge on any atom is 0.251 e. The van der Waals surface area contributed by atoms with Crippen molar-refractivity contribution in [3.05, 3.63) is 72.6 Å². The number of amides is 1. The van der Waals surface area contributed by atoms with E-state index in [4.69, 9.17) is 9.97 Å². The fraction of sp³-hybridized carbons (Fsp3) is 0.296. The number of carbonyl (C=O) groups excluding carboxylic acids is 1. The van der Waals surface area contributed by atoms with E-state index in [2.05, 4.69) is 46.2 Å². The molecule has 7 heteroatoms. The highest BCUT2D eigenvalue weighted by Gasteiger charge is 2.23. The monoisotopic (exact) mass is 454 g/mol. The third-order valence-electron chi connectivity index (χ3n) is 5.99. The van der Waals surface area contributed by atoms with Crippen LogP contribution < -0.4 is 10.6 Å². The molecule has 2 aromatic heterocycles. The van der Waals surface area contributed by atoms with Gasteiger partial charge in [-0.05, 0) is 52.0 Å². The second-order valence-electron chi connectivity index (χ2n) is 9.09. The van der Waals surface area contributed by atoms with Crippen molar-refractivity contribution in [2.75, 3.05) is 32.5 Å². The molecule has 0 atom stereocenters. The highest BCUT2D eigenvalue weighted by atomic mass is 16.1. The molecule has 2 aromatic carbocycles. The molecule has 1 aliphatic rings. The Morgan fingerprint density at radius 1 is 1.06 bits per heavy atom. The zero-order chi connectivity index (χ0) is 23.5. The van der Waals surface area contributed by atoms with Crippen molar-refractivity contribution in [3.63, 3.8) is 0 Å². The van der Waals surface area contributed by atoms with Crippen LogP contribution in [0, 0.1) is 0 Å². The lowest BCUT2D eigenvalue weighted by Crippen LogP contribution is -2.25. The minimum atomic E-state index is -0.00744. The van der Waals surface area contributed by atoms with Gasteiger partial charge in [0, 0.05) is 35.5 Å². The molecule has 0 aliphatic heterocycles. The van der Waals surface area contributed by atoms with Gasteiger partial charge in [-0.1, -0.05) is 42.5 Å². The zero-order valence-corrected chi connectivity index (χ0v) is 19.7. The van der Waals surface area contributed by atoms with Gasteiger partial charge >= 0.3 is 0 Å². The van der Waals surface area contributed by atoms with Crippen LogP contribution in [-0.4, -0.2) is 58.4 Å². The van der Waals surface area contributed by atoms with Gasteiger partial charge in [-0.2, -0.15) is 0 Å². The van der Waals surface area contributed by atoms with E-state index in [1.54, 1.807) is 0 Å². The Balaban J connectivity index is 1.48.